The zero-order valence-electron chi connectivity index (χ0n) is 9.88. The Kier molecular flexibility index (Phi) is 3.52. The first kappa shape index (κ1) is 12.0. The van der Waals surface area contributed by atoms with Crippen LogP contribution in [0.5, 0.6) is 0 Å². The Balaban J connectivity index is 1.98. The largest absolute Gasteiger partial charge is 0.384 e. The van der Waals surface area contributed by atoms with Crippen molar-refractivity contribution in [2.45, 2.75) is 13.3 Å². The molecule has 94 valence electrons. The maximum absolute atomic E-state index is 10.7. The summed E-state index contributed by atoms with van der Waals surface area (Å²) in [7, 11) is 0. The summed E-state index contributed by atoms with van der Waals surface area (Å²) < 4.78 is 0. The lowest BCUT2D eigenvalue weighted by Crippen LogP contribution is -2.06. The van der Waals surface area contributed by atoms with E-state index in [0.29, 0.717) is 13.0 Å². The molecule has 0 aliphatic heterocycles. The van der Waals surface area contributed by atoms with E-state index < -0.39 is 4.92 Å². The number of aromatic nitrogens is 3. The summed E-state index contributed by atoms with van der Waals surface area (Å²) in [6.07, 6.45) is 2.13. The summed E-state index contributed by atoms with van der Waals surface area (Å²) in [5, 5.41) is 20.3. The Labute approximate surface area is 103 Å². The van der Waals surface area contributed by atoms with Crippen LogP contribution in [0, 0.1) is 17.0 Å². The smallest absolute Gasteiger partial charge is 0.271 e. The van der Waals surface area contributed by atoms with Gasteiger partial charge in [-0.3, -0.25) is 15.2 Å². The molecular weight excluding hydrogens is 234 g/mol. The van der Waals surface area contributed by atoms with Crippen molar-refractivity contribution in [2.75, 3.05) is 11.9 Å². The molecule has 0 radical (unpaired) electrons. The van der Waals surface area contributed by atoms with Crippen molar-refractivity contribution in [1.82, 2.24) is 15.2 Å². The highest BCUT2D eigenvalue weighted by Crippen LogP contribution is 2.20. The van der Waals surface area contributed by atoms with Crippen LogP contribution in [-0.2, 0) is 6.42 Å². The van der Waals surface area contributed by atoms with Crippen LogP contribution in [0.3, 0.4) is 0 Å². The predicted molar refractivity (Wildman–Crippen MR) is 66.4 cm³/mol. The molecule has 7 heteroatoms. The molecule has 7 nitrogen and oxygen atoms in total. The van der Waals surface area contributed by atoms with Gasteiger partial charge in [0.1, 0.15) is 12.2 Å². The van der Waals surface area contributed by atoms with Crippen molar-refractivity contribution in [3.63, 3.8) is 0 Å². The fourth-order valence-electron chi connectivity index (χ4n) is 1.65. The third-order valence-electron chi connectivity index (χ3n) is 2.43. The Morgan fingerprint density at radius 2 is 2.28 bits per heavy atom. The van der Waals surface area contributed by atoms with Crippen LogP contribution >= 0.6 is 0 Å². The summed E-state index contributed by atoms with van der Waals surface area (Å²) >= 11 is 0. The van der Waals surface area contributed by atoms with Crippen LogP contribution in [0.2, 0.25) is 0 Å². The number of nitro groups is 1. The van der Waals surface area contributed by atoms with Crippen LogP contribution in [0.4, 0.5) is 11.4 Å². The van der Waals surface area contributed by atoms with Crippen molar-refractivity contribution < 1.29 is 4.92 Å². The lowest BCUT2D eigenvalue weighted by atomic mass is 10.2. The van der Waals surface area contributed by atoms with Gasteiger partial charge in [-0.15, -0.1) is 0 Å². The summed E-state index contributed by atoms with van der Waals surface area (Å²) in [5.41, 5.74) is 1.68. The van der Waals surface area contributed by atoms with E-state index in [2.05, 4.69) is 20.5 Å². The minimum absolute atomic E-state index is 0.0946. The summed E-state index contributed by atoms with van der Waals surface area (Å²) in [5.74, 6) is 0.782. The van der Waals surface area contributed by atoms with E-state index in [0.717, 1.165) is 17.1 Å². The molecule has 1 heterocycles. The van der Waals surface area contributed by atoms with Gasteiger partial charge in [0.05, 0.1) is 4.92 Å². The first-order valence-electron chi connectivity index (χ1n) is 5.49. The number of rotatable bonds is 5. The molecule has 0 aliphatic rings. The van der Waals surface area contributed by atoms with Crippen molar-refractivity contribution >= 4 is 11.4 Å². The Bertz CT molecular complexity index is 538. The number of hydrogen-bond donors (Lipinski definition) is 2. The van der Waals surface area contributed by atoms with E-state index in [-0.39, 0.29) is 5.69 Å². The van der Waals surface area contributed by atoms with E-state index in [1.807, 2.05) is 13.0 Å². The highest BCUT2D eigenvalue weighted by Gasteiger charge is 2.07. The number of H-pyrrole nitrogens is 1. The lowest BCUT2D eigenvalue weighted by molar-refractivity contribution is -0.384. The highest BCUT2D eigenvalue weighted by atomic mass is 16.6. The Hall–Kier alpha value is -2.44. The molecule has 0 saturated carbocycles. The number of hydrogen-bond acceptors (Lipinski definition) is 5. The molecule has 0 amide bonds. The lowest BCUT2D eigenvalue weighted by Gasteiger charge is -2.06. The maximum atomic E-state index is 10.7. The van der Waals surface area contributed by atoms with Crippen LogP contribution in [-0.4, -0.2) is 26.6 Å². The second-order valence-electron chi connectivity index (χ2n) is 3.92. The molecule has 2 rings (SSSR count). The fraction of sp³-hybridized carbons (Fsp3) is 0.273. The first-order valence-corrected chi connectivity index (χ1v) is 5.49. The zero-order chi connectivity index (χ0) is 13.0. The third-order valence-corrected chi connectivity index (χ3v) is 2.43. The topological polar surface area (TPSA) is 96.7 Å². The first-order chi connectivity index (χ1) is 8.65. The van der Waals surface area contributed by atoms with Crippen LogP contribution in [0.25, 0.3) is 0 Å². The Morgan fingerprint density at radius 1 is 1.44 bits per heavy atom. The second kappa shape index (κ2) is 5.26. The van der Waals surface area contributed by atoms with Gasteiger partial charge >= 0.3 is 0 Å². The SMILES string of the molecule is Cc1cc(NCCc2ncn[nH]2)cc([N+](=O)[O-])c1. The van der Waals surface area contributed by atoms with Gasteiger partial charge in [-0.05, 0) is 18.6 Å². The molecule has 1 aromatic heterocycles. The van der Waals surface area contributed by atoms with Crippen molar-refractivity contribution in [2.24, 2.45) is 0 Å². The zero-order valence-corrected chi connectivity index (χ0v) is 9.88. The number of nitrogens with one attached hydrogen (secondary N) is 2. The molecule has 1 aromatic carbocycles. The molecule has 2 aromatic rings. The quantitative estimate of drug-likeness (QED) is 0.618. The molecule has 0 unspecified atom stereocenters. The van der Waals surface area contributed by atoms with Crippen molar-refractivity contribution in [1.29, 1.82) is 0 Å². The van der Waals surface area contributed by atoms with E-state index in [9.17, 15) is 10.1 Å². The van der Waals surface area contributed by atoms with Gasteiger partial charge in [-0.2, -0.15) is 5.10 Å². The molecule has 18 heavy (non-hydrogen) atoms. The number of nitro benzene ring substituents is 1. The van der Waals surface area contributed by atoms with Crippen LogP contribution < -0.4 is 5.32 Å². The molecule has 0 saturated heterocycles. The van der Waals surface area contributed by atoms with Gasteiger partial charge in [0.2, 0.25) is 0 Å². The maximum Gasteiger partial charge on any atom is 0.271 e. The number of aryl methyl sites for hydroxylation is 1. The number of anilines is 1. The minimum atomic E-state index is -0.394. The average Bonchev–Trinajstić information content (AvgIpc) is 2.81. The van der Waals surface area contributed by atoms with E-state index in [1.54, 1.807) is 6.07 Å². The molecule has 2 N–H and O–H groups in total. The average molecular weight is 247 g/mol. The summed E-state index contributed by atoms with van der Waals surface area (Å²) in [6.45, 7) is 2.46. The summed E-state index contributed by atoms with van der Waals surface area (Å²) in [4.78, 5) is 14.3. The van der Waals surface area contributed by atoms with Gasteiger partial charge < -0.3 is 5.32 Å². The van der Waals surface area contributed by atoms with E-state index in [1.165, 1.54) is 12.4 Å². The highest BCUT2D eigenvalue weighted by molar-refractivity contribution is 5.53. The Morgan fingerprint density at radius 3 is 2.94 bits per heavy atom. The van der Waals surface area contributed by atoms with E-state index in [4.69, 9.17) is 0 Å². The number of aromatic amines is 1. The molecular formula is C11H13N5O2. The second-order valence-corrected chi connectivity index (χ2v) is 3.92. The molecule has 0 bridgehead atoms. The predicted octanol–water partition coefficient (Wildman–Crippen LogP) is 1.68. The number of nitrogens with zero attached hydrogens (tertiary/aromatic N) is 3. The van der Waals surface area contributed by atoms with Gasteiger partial charge in [-0.1, -0.05) is 0 Å². The minimum Gasteiger partial charge on any atom is -0.384 e. The van der Waals surface area contributed by atoms with Crippen molar-refractivity contribution in [3.8, 4) is 0 Å². The van der Waals surface area contributed by atoms with Gasteiger partial charge in [0.15, 0.2) is 0 Å². The fourth-order valence-corrected chi connectivity index (χ4v) is 1.65. The molecule has 0 spiro atoms. The van der Waals surface area contributed by atoms with Crippen LogP contribution in [0.15, 0.2) is 24.5 Å². The van der Waals surface area contributed by atoms with Crippen molar-refractivity contribution in [3.05, 3.63) is 46.0 Å². The number of non-ortho nitro benzene ring substituents is 1. The number of benzene rings is 1. The third kappa shape index (κ3) is 3.03. The van der Waals surface area contributed by atoms with Crippen LogP contribution in [0.1, 0.15) is 11.4 Å². The molecule has 0 fully saturated rings. The van der Waals surface area contributed by atoms with Gasteiger partial charge in [-0.25, -0.2) is 4.98 Å². The van der Waals surface area contributed by atoms with E-state index >= 15 is 0 Å². The standard InChI is InChI=1S/C11H13N5O2/c1-8-4-9(6-10(5-8)16(17)18)12-3-2-11-13-7-14-15-11/h4-7,12H,2-3H2,1H3,(H,13,14,15). The summed E-state index contributed by atoms with van der Waals surface area (Å²) in [6, 6.07) is 4.93. The molecule has 0 aliphatic carbocycles. The van der Waals surface area contributed by atoms with Gasteiger partial charge in [0.25, 0.3) is 5.69 Å². The monoisotopic (exact) mass is 247 g/mol. The normalized spacial score (nSPS) is 10.3. The molecule has 0 atom stereocenters. The van der Waals surface area contributed by atoms with Gasteiger partial charge in [0, 0.05) is 30.8 Å².